The molecule has 0 aliphatic carbocycles. The zero-order chi connectivity index (χ0) is 8.72. The van der Waals surface area contributed by atoms with Gasteiger partial charge in [-0.3, -0.25) is 9.59 Å². The average Bonchev–Trinajstić information content (AvgIpc) is 2.31. The van der Waals surface area contributed by atoms with E-state index in [1.807, 2.05) is 0 Å². The standard InChI is InChI=1S/C8H6N2O2.ClH/c9-4-1-2-6-5(3-4)7(11)8(12)10-6;/h1-3H,9H2,(H,10,11,12);1H. The Balaban J connectivity index is 0.000000845. The molecule has 13 heavy (non-hydrogen) atoms. The van der Waals surface area contributed by atoms with Gasteiger partial charge in [0.1, 0.15) is 0 Å². The fraction of sp³-hybridized carbons (Fsp3) is 0. The van der Waals surface area contributed by atoms with Crippen LogP contribution in [0.1, 0.15) is 10.4 Å². The van der Waals surface area contributed by atoms with E-state index in [2.05, 4.69) is 5.32 Å². The number of carbonyl (C=O) groups excluding carboxylic acids is 2. The fourth-order valence-corrected chi connectivity index (χ4v) is 1.16. The number of rotatable bonds is 0. The monoisotopic (exact) mass is 198 g/mol. The van der Waals surface area contributed by atoms with Crippen LogP contribution in [0.2, 0.25) is 0 Å². The summed E-state index contributed by atoms with van der Waals surface area (Å²) in [5.74, 6) is -1.10. The van der Waals surface area contributed by atoms with Gasteiger partial charge in [-0.15, -0.1) is 12.4 Å². The van der Waals surface area contributed by atoms with Crippen molar-refractivity contribution in [2.24, 2.45) is 0 Å². The predicted molar refractivity (Wildman–Crippen MR) is 51.1 cm³/mol. The number of hydrogen-bond donors (Lipinski definition) is 2. The first kappa shape index (κ1) is 9.54. The van der Waals surface area contributed by atoms with Crippen molar-refractivity contribution in [1.82, 2.24) is 0 Å². The van der Waals surface area contributed by atoms with E-state index >= 15 is 0 Å². The largest absolute Gasteiger partial charge is 0.399 e. The summed E-state index contributed by atoms with van der Waals surface area (Å²) >= 11 is 0. The first-order valence-corrected chi connectivity index (χ1v) is 3.43. The zero-order valence-corrected chi connectivity index (χ0v) is 7.35. The van der Waals surface area contributed by atoms with Crippen molar-refractivity contribution in [3.05, 3.63) is 23.8 Å². The maximum atomic E-state index is 11.1. The second-order valence-corrected chi connectivity index (χ2v) is 2.59. The lowest BCUT2D eigenvalue weighted by atomic mass is 10.1. The number of benzene rings is 1. The molecule has 1 aliphatic rings. The van der Waals surface area contributed by atoms with E-state index in [0.29, 0.717) is 16.9 Å². The molecular formula is C8H7ClN2O2. The van der Waals surface area contributed by atoms with Crippen LogP contribution in [0.15, 0.2) is 18.2 Å². The lowest BCUT2D eigenvalue weighted by Crippen LogP contribution is -2.12. The minimum Gasteiger partial charge on any atom is -0.399 e. The SMILES string of the molecule is Cl.Nc1ccc2c(c1)C(=O)C(=O)N2. The molecule has 0 fully saturated rings. The second-order valence-electron chi connectivity index (χ2n) is 2.59. The third-order valence-electron chi connectivity index (χ3n) is 1.74. The summed E-state index contributed by atoms with van der Waals surface area (Å²) in [5, 5.41) is 2.43. The third kappa shape index (κ3) is 1.36. The fourth-order valence-electron chi connectivity index (χ4n) is 1.16. The first-order chi connectivity index (χ1) is 5.68. The molecule has 0 atom stereocenters. The molecule has 1 aliphatic heterocycles. The van der Waals surface area contributed by atoms with Crippen LogP contribution < -0.4 is 11.1 Å². The highest BCUT2D eigenvalue weighted by Crippen LogP contribution is 2.24. The van der Waals surface area contributed by atoms with Crippen LogP contribution >= 0.6 is 12.4 Å². The van der Waals surface area contributed by atoms with Crippen molar-refractivity contribution in [2.45, 2.75) is 0 Å². The summed E-state index contributed by atoms with van der Waals surface area (Å²) in [7, 11) is 0. The second kappa shape index (κ2) is 3.06. The summed E-state index contributed by atoms with van der Waals surface area (Å²) in [5.41, 5.74) is 6.83. The summed E-state index contributed by atoms with van der Waals surface area (Å²) in [4.78, 5) is 21.9. The van der Waals surface area contributed by atoms with Crippen LogP contribution in [0.25, 0.3) is 0 Å². The van der Waals surface area contributed by atoms with E-state index in [-0.39, 0.29) is 12.4 Å². The smallest absolute Gasteiger partial charge is 0.296 e. The minimum atomic E-state index is -0.587. The number of halogens is 1. The molecule has 1 heterocycles. The molecule has 2 rings (SSSR count). The minimum absolute atomic E-state index is 0. The Morgan fingerprint density at radius 2 is 1.92 bits per heavy atom. The van der Waals surface area contributed by atoms with Crippen LogP contribution in [-0.4, -0.2) is 11.7 Å². The van der Waals surface area contributed by atoms with E-state index in [4.69, 9.17) is 5.73 Å². The van der Waals surface area contributed by atoms with Gasteiger partial charge in [0.2, 0.25) is 0 Å². The molecule has 0 saturated carbocycles. The van der Waals surface area contributed by atoms with Gasteiger partial charge >= 0.3 is 0 Å². The van der Waals surface area contributed by atoms with Gasteiger partial charge in [0.15, 0.2) is 0 Å². The molecule has 68 valence electrons. The Morgan fingerprint density at radius 3 is 2.62 bits per heavy atom. The van der Waals surface area contributed by atoms with Gasteiger partial charge in [0, 0.05) is 5.69 Å². The van der Waals surface area contributed by atoms with E-state index < -0.39 is 11.7 Å². The number of nitrogens with two attached hydrogens (primary N) is 1. The number of anilines is 2. The molecule has 0 saturated heterocycles. The molecule has 0 radical (unpaired) electrons. The highest BCUT2D eigenvalue weighted by Gasteiger charge is 2.27. The normalized spacial score (nSPS) is 13.2. The number of hydrogen-bond acceptors (Lipinski definition) is 3. The van der Waals surface area contributed by atoms with Gasteiger partial charge in [-0.2, -0.15) is 0 Å². The van der Waals surface area contributed by atoms with E-state index in [1.54, 1.807) is 12.1 Å². The Kier molecular flexibility index (Phi) is 2.25. The molecule has 0 spiro atoms. The number of nitrogen functional groups attached to an aromatic ring is 1. The van der Waals surface area contributed by atoms with E-state index in [0.717, 1.165) is 0 Å². The lowest BCUT2D eigenvalue weighted by Gasteiger charge is -1.96. The molecule has 1 aromatic carbocycles. The zero-order valence-electron chi connectivity index (χ0n) is 6.53. The number of carbonyl (C=O) groups is 2. The van der Waals surface area contributed by atoms with Gasteiger partial charge in [0.05, 0.1) is 11.3 Å². The number of ketones is 1. The predicted octanol–water partition coefficient (Wildman–Crippen LogP) is 0.825. The van der Waals surface area contributed by atoms with Crippen molar-refractivity contribution in [2.75, 3.05) is 11.1 Å². The summed E-state index contributed by atoms with van der Waals surface area (Å²) in [6.45, 7) is 0. The Labute approximate surface area is 80.5 Å². The summed E-state index contributed by atoms with van der Waals surface area (Å²) in [6, 6.07) is 4.75. The van der Waals surface area contributed by atoms with E-state index in [1.165, 1.54) is 6.07 Å². The molecular weight excluding hydrogens is 192 g/mol. The van der Waals surface area contributed by atoms with Crippen molar-refractivity contribution in [3.63, 3.8) is 0 Å². The van der Waals surface area contributed by atoms with Gasteiger partial charge in [0.25, 0.3) is 11.7 Å². The topological polar surface area (TPSA) is 72.2 Å². The number of fused-ring (bicyclic) bond motifs is 1. The van der Waals surface area contributed by atoms with E-state index in [9.17, 15) is 9.59 Å². The maximum absolute atomic E-state index is 11.1. The Bertz CT molecular complexity index is 390. The highest BCUT2D eigenvalue weighted by molar-refractivity contribution is 6.51. The van der Waals surface area contributed by atoms with Crippen LogP contribution in [0.3, 0.4) is 0 Å². The Morgan fingerprint density at radius 1 is 1.23 bits per heavy atom. The molecule has 5 heteroatoms. The van der Waals surface area contributed by atoms with Crippen molar-refractivity contribution in [1.29, 1.82) is 0 Å². The third-order valence-corrected chi connectivity index (χ3v) is 1.74. The Hall–Kier alpha value is -1.55. The molecule has 0 unspecified atom stereocenters. The van der Waals surface area contributed by atoms with Gasteiger partial charge < -0.3 is 11.1 Å². The quantitative estimate of drug-likeness (QED) is 0.479. The van der Waals surface area contributed by atoms with Crippen LogP contribution in [-0.2, 0) is 4.79 Å². The lowest BCUT2D eigenvalue weighted by molar-refractivity contribution is -0.112. The van der Waals surface area contributed by atoms with Crippen molar-refractivity contribution in [3.8, 4) is 0 Å². The average molecular weight is 199 g/mol. The van der Waals surface area contributed by atoms with Crippen molar-refractivity contribution < 1.29 is 9.59 Å². The van der Waals surface area contributed by atoms with Crippen LogP contribution in [0, 0.1) is 0 Å². The first-order valence-electron chi connectivity index (χ1n) is 3.43. The molecule has 0 bridgehead atoms. The summed E-state index contributed by atoms with van der Waals surface area (Å²) in [6.07, 6.45) is 0. The van der Waals surface area contributed by atoms with Gasteiger partial charge in [-0.1, -0.05) is 0 Å². The molecule has 4 nitrogen and oxygen atoms in total. The summed E-state index contributed by atoms with van der Waals surface area (Å²) < 4.78 is 0. The van der Waals surface area contributed by atoms with Crippen molar-refractivity contribution >= 4 is 35.5 Å². The number of nitrogens with one attached hydrogen (secondary N) is 1. The van der Waals surface area contributed by atoms with Crippen LogP contribution in [0.4, 0.5) is 11.4 Å². The molecule has 1 amide bonds. The molecule has 0 aromatic heterocycles. The highest BCUT2D eigenvalue weighted by atomic mass is 35.5. The van der Waals surface area contributed by atoms with Gasteiger partial charge in [-0.05, 0) is 18.2 Å². The maximum Gasteiger partial charge on any atom is 0.296 e. The molecule has 1 aromatic rings. The van der Waals surface area contributed by atoms with Crippen LogP contribution in [0.5, 0.6) is 0 Å². The number of Topliss-reactive ketones (excluding diaryl/α,β-unsaturated/α-hetero) is 1. The van der Waals surface area contributed by atoms with Gasteiger partial charge in [-0.25, -0.2) is 0 Å². The number of amides is 1. The molecule has 3 N–H and O–H groups in total.